The maximum atomic E-state index is 12.1. The van der Waals surface area contributed by atoms with Gasteiger partial charge in [-0.2, -0.15) is 0 Å². The Morgan fingerprint density at radius 2 is 0.941 bits per heavy atom. The summed E-state index contributed by atoms with van der Waals surface area (Å²) in [7, 11) is 0. The van der Waals surface area contributed by atoms with Gasteiger partial charge in [-0.25, -0.2) is 4.79 Å². The second kappa shape index (κ2) is 9.61. The Kier molecular flexibility index (Phi) is 6.26. The summed E-state index contributed by atoms with van der Waals surface area (Å²) in [4.78, 5) is 33.1. The first-order valence-corrected chi connectivity index (χ1v) is 9.98. The van der Waals surface area contributed by atoms with E-state index in [2.05, 4.69) is 0 Å². The molecule has 9 heteroatoms. The van der Waals surface area contributed by atoms with Crippen LogP contribution in [-0.4, -0.2) is 16.0 Å². The molecule has 4 rings (SSSR count). The van der Waals surface area contributed by atoms with Crippen molar-refractivity contribution in [1.29, 1.82) is 0 Å². The van der Waals surface area contributed by atoms with Crippen molar-refractivity contribution in [3.05, 3.63) is 117 Å². The molecule has 0 heterocycles. The lowest BCUT2D eigenvalue weighted by molar-refractivity contribution is -0.385. The predicted molar refractivity (Wildman–Crippen MR) is 124 cm³/mol. The normalized spacial score (nSPS) is 10.4. The van der Waals surface area contributed by atoms with Gasteiger partial charge in [-0.1, -0.05) is 48.5 Å². The third-order valence-electron chi connectivity index (χ3n) is 4.89. The molecule has 0 aliphatic rings. The van der Waals surface area contributed by atoms with E-state index in [1.807, 2.05) is 0 Å². The highest BCUT2D eigenvalue weighted by atomic mass is 16.7. The monoisotopic (exact) mass is 456 g/mol. The molecular weight excluding hydrogens is 440 g/mol. The van der Waals surface area contributed by atoms with E-state index in [-0.39, 0.29) is 22.9 Å². The topological polar surface area (TPSA) is 122 Å². The summed E-state index contributed by atoms with van der Waals surface area (Å²) >= 11 is 0. The molecule has 0 saturated heterocycles. The van der Waals surface area contributed by atoms with Gasteiger partial charge in [-0.3, -0.25) is 20.2 Å². The molecule has 0 bridgehead atoms. The number of nitro groups is 2. The number of rotatable bonds is 6. The smallest absolute Gasteiger partial charge is 0.395 e. The molecule has 0 spiro atoms. The average molecular weight is 456 g/mol. The van der Waals surface area contributed by atoms with Gasteiger partial charge >= 0.3 is 6.16 Å². The summed E-state index contributed by atoms with van der Waals surface area (Å²) in [5.74, 6) is 0.486. The highest BCUT2D eigenvalue weighted by Gasteiger charge is 2.11. The minimum absolute atomic E-state index is 0.0158. The van der Waals surface area contributed by atoms with E-state index >= 15 is 0 Å². The van der Waals surface area contributed by atoms with Gasteiger partial charge in [0, 0.05) is 24.3 Å². The van der Waals surface area contributed by atoms with Crippen LogP contribution in [0.2, 0.25) is 0 Å². The number of nitrogens with zero attached hydrogens (tertiary/aromatic N) is 2. The van der Waals surface area contributed by atoms with Crippen molar-refractivity contribution >= 4 is 17.5 Å². The number of non-ortho nitro benzene ring substituents is 2. The molecule has 168 valence electrons. The van der Waals surface area contributed by atoms with Gasteiger partial charge in [0.15, 0.2) is 0 Å². The summed E-state index contributed by atoms with van der Waals surface area (Å²) in [6.07, 6.45) is -0.939. The van der Waals surface area contributed by atoms with Crippen molar-refractivity contribution in [1.82, 2.24) is 0 Å². The molecule has 34 heavy (non-hydrogen) atoms. The second-order valence-electron chi connectivity index (χ2n) is 7.12. The highest BCUT2D eigenvalue weighted by Crippen LogP contribution is 2.27. The van der Waals surface area contributed by atoms with Crippen LogP contribution in [0.1, 0.15) is 0 Å². The van der Waals surface area contributed by atoms with Gasteiger partial charge in [0.1, 0.15) is 11.5 Å². The average Bonchev–Trinajstić information content (AvgIpc) is 2.85. The van der Waals surface area contributed by atoms with Crippen LogP contribution in [0.5, 0.6) is 11.5 Å². The van der Waals surface area contributed by atoms with E-state index in [4.69, 9.17) is 9.47 Å². The number of benzene rings is 4. The Balaban J connectivity index is 1.39. The van der Waals surface area contributed by atoms with E-state index in [0.717, 1.165) is 11.1 Å². The molecule has 0 fully saturated rings. The first kappa shape index (κ1) is 22.2. The van der Waals surface area contributed by atoms with Gasteiger partial charge < -0.3 is 9.47 Å². The standard InChI is InChI=1S/C25H16N2O7/c28-25(33-23-11-7-17(8-12-23)19-3-1-5-21(15-19)26(29)30)34-24-13-9-18(10-14-24)20-4-2-6-22(16-20)27(31)32/h1-16H. The van der Waals surface area contributed by atoms with Crippen LogP contribution in [0, 0.1) is 20.2 Å². The van der Waals surface area contributed by atoms with Crippen LogP contribution in [0.3, 0.4) is 0 Å². The summed E-state index contributed by atoms with van der Waals surface area (Å²) in [5.41, 5.74) is 2.73. The van der Waals surface area contributed by atoms with E-state index in [1.165, 1.54) is 24.3 Å². The molecule has 0 unspecified atom stereocenters. The molecule has 0 aliphatic carbocycles. The van der Waals surface area contributed by atoms with Crippen LogP contribution in [0.4, 0.5) is 16.2 Å². The van der Waals surface area contributed by atoms with Gasteiger partial charge in [-0.15, -0.1) is 0 Å². The summed E-state index contributed by atoms with van der Waals surface area (Å²) in [6.45, 7) is 0. The zero-order valence-corrected chi connectivity index (χ0v) is 17.5. The quantitative estimate of drug-likeness (QED) is 0.142. The Bertz CT molecular complexity index is 1260. The number of carbonyl (C=O) groups is 1. The zero-order valence-electron chi connectivity index (χ0n) is 17.5. The molecule has 9 nitrogen and oxygen atoms in total. The van der Waals surface area contributed by atoms with Crippen molar-refractivity contribution in [2.45, 2.75) is 0 Å². The summed E-state index contributed by atoms with van der Waals surface area (Å²) < 4.78 is 10.4. The van der Waals surface area contributed by atoms with Crippen LogP contribution in [-0.2, 0) is 0 Å². The first-order valence-electron chi connectivity index (χ1n) is 9.98. The zero-order chi connectivity index (χ0) is 24.1. The Morgan fingerprint density at radius 1 is 0.559 bits per heavy atom. The van der Waals surface area contributed by atoms with Crippen LogP contribution >= 0.6 is 0 Å². The number of ether oxygens (including phenoxy) is 2. The maximum absolute atomic E-state index is 12.1. The second-order valence-corrected chi connectivity index (χ2v) is 7.12. The fraction of sp³-hybridized carbons (Fsp3) is 0. The van der Waals surface area contributed by atoms with Crippen molar-refractivity contribution in [2.75, 3.05) is 0 Å². The molecule has 0 aliphatic heterocycles. The minimum atomic E-state index is -0.939. The summed E-state index contributed by atoms with van der Waals surface area (Å²) in [5, 5.41) is 21.9. The predicted octanol–water partition coefficient (Wildman–Crippen LogP) is 6.41. The third-order valence-corrected chi connectivity index (χ3v) is 4.89. The van der Waals surface area contributed by atoms with Gasteiger partial charge in [0.05, 0.1) is 9.85 Å². The van der Waals surface area contributed by atoms with Crippen molar-refractivity contribution in [3.8, 4) is 33.8 Å². The van der Waals surface area contributed by atoms with E-state index in [9.17, 15) is 25.0 Å². The Labute approximate surface area is 193 Å². The molecule has 0 N–H and O–H groups in total. The Morgan fingerprint density at radius 3 is 1.29 bits per heavy atom. The van der Waals surface area contributed by atoms with Gasteiger partial charge in [0.2, 0.25) is 0 Å². The SMILES string of the molecule is O=C(Oc1ccc(-c2cccc([N+](=O)[O-])c2)cc1)Oc1ccc(-c2cccc([N+](=O)[O-])c2)cc1. The molecular formula is C25H16N2O7. The highest BCUT2D eigenvalue weighted by molar-refractivity contribution is 5.71. The largest absolute Gasteiger partial charge is 0.519 e. The van der Waals surface area contributed by atoms with Crippen LogP contribution in [0.15, 0.2) is 97.1 Å². The number of hydrogen-bond acceptors (Lipinski definition) is 7. The third kappa shape index (κ3) is 5.22. The molecule has 0 saturated carbocycles. The molecule has 0 amide bonds. The minimum Gasteiger partial charge on any atom is -0.395 e. The fourth-order valence-corrected chi connectivity index (χ4v) is 3.24. The number of carbonyl (C=O) groups excluding carboxylic acids is 1. The van der Waals surface area contributed by atoms with E-state index < -0.39 is 16.0 Å². The molecule has 0 aromatic heterocycles. The van der Waals surface area contributed by atoms with Crippen molar-refractivity contribution in [3.63, 3.8) is 0 Å². The summed E-state index contributed by atoms with van der Waals surface area (Å²) in [6, 6.07) is 25.4. The number of nitro benzene ring substituents is 2. The molecule has 0 atom stereocenters. The maximum Gasteiger partial charge on any atom is 0.519 e. The lowest BCUT2D eigenvalue weighted by Gasteiger charge is -2.08. The molecule has 4 aromatic carbocycles. The van der Waals surface area contributed by atoms with Crippen molar-refractivity contribution < 1.29 is 24.1 Å². The van der Waals surface area contributed by atoms with Gasteiger partial charge in [-0.05, 0) is 46.5 Å². The van der Waals surface area contributed by atoms with E-state index in [1.54, 1.807) is 72.8 Å². The van der Waals surface area contributed by atoms with E-state index in [0.29, 0.717) is 11.1 Å². The fourth-order valence-electron chi connectivity index (χ4n) is 3.24. The molecule has 0 radical (unpaired) electrons. The number of hydrogen-bond donors (Lipinski definition) is 0. The molecule has 4 aromatic rings. The Hall–Kier alpha value is -5.05. The lowest BCUT2D eigenvalue weighted by Crippen LogP contribution is -2.13. The first-order chi connectivity index (χ1) is 16.4. The van der Waals surface area contributed by atoms with Crippen LogP contribution in [0.25, 0.3) is 22.3 Å². The van der Waals surface area contributed by atoms with Gasteiger partial charge in [0.25, 0.3) is 11.4 Å². The van der Waals surface area contributed by atoms with Crippen LogP contribution < -0.4 is 9.47 Å². The lowest BCUT2D eigenvalue weighted by atomic mass is 10.1. The van der Waals surface area contributed by atoms with Crippen molar-refractivity contribution in [2.24, 2.45) is 0 Å².